The van der Waals surface area contributed by atoms with Gasteiger partial charge in [0.2, 0.25) is 0 Å². The summed E-state index contributed by atoms with van der Waals surface area (Å²) in [6, 6.07) is 10.0. The van der Waals surface area contributed by atoms with Crippen molar-refractivity contribution in [2.75, 3.05) is 0 Å². The number of pyridine rings is 1. The van der Waals surface area contributed by atoms with Crippen molar-refractivity contribution in [1.29, 1.82) is 0 Å². The van der Waals surface area contributed by atoms with Crippen LogP contribution in [0.25, 0.3) is 11.1 Å². The average molecular weight is 410 g/mol. The van der Waals surface area contributed by atoms with Crippen LogP contribution in [0.5, 0.6) is 0 Å². The van der Waals surface area contributed by atoms with E-state index < -0.39 is 30.0 Å². The highest BCUT2D eigenvalue weighted by Gasteiger charge is 2.51. The predicted molar refractivity (Wildman–Crippen MR) is 118 cm³/mol. The van der Waals surface area contributed by atoms with Gasteiger partial charge in [-0.1, -0.05) is 24.3 Å². The van der Waals surface area contributed by atoms with Crippen molar-refractivity contribution in [2.45, 2.75) is 71.8 Å². The second-order valence-electron chi connectivity index (χ2n) is 9.65. The van der Waals surface area contributed by atoms with E-state index in [9.17, 15) is 4.79 Å². The Morgan fingerprint density at radius 2 is 1.73 bits per heavy atom. The van der Waals surface area contributed by atoms with Gasteiger partial charge in [0.1, 0.15) is 5.60 Å². The Balaban J connectivity index is 1.74. The first kappa shape index (κ1) is 22.3. The molecule has 2 heterocycles. The van der Waals surface area contributed by atoms with E-state index in [0.29, 0.717) is 6.54 Å². The minimum Gasteiger partial charge on any atom is -0.444 e. The summed E-state index contributed by atoms with van der Waals surface area (Å²) < 4.78 is 17.6. The maximum atomic E-state index is 11.9. The number of alkyl carbamates (subject to hydrolysis) is 1. The molecule has 30 heavy (non-hydrogen) atoms. The Morgan fingerprint density at radius 1 is 1.07 bits per heavy atom. The van der Waals surface area contributed by atoms with E-state index in [1.54, 1.807) is 6.20 Å². The molecule has 1 aliphatic rings. The Kier molecular flexibility index (Phi) is 5.98. The fourth-order valence-electron chi connectivity index (χ4n) is 3.07. The number of nitrogens with zero attached hydrogens (tertiary/aromatic N) is 1. The molecule has 2 aromatic rings. The number of hydrogen-bond donors (Lipinski definition) is 1. The van der Waals surface area contributed by atoms with Crippen molar-refractivity contribution in [3.05, 3.63) is 48.3 Å². The molecule has 1 amide bonds. The van der Waals surface area contributed by atoms with Gasteiger partial charge in [0.15, 0.2) is 0 Å². The third kappa shape index (κ3) is 5.21. The summed E-state index contributed by atoms with van der Waals surface area (Å²) in [5, 5.41) is 2.79. The number of amides is 1. The molecule has 0 atom stereocenters. The minimum absolute atomic E-state index is 0.382. The Labute approximate surface area is 179 Å². The molecule has 0 unspecified atom stereocenters. The molecule has 0 aliphatic carbocycles. The Hall–Kier alpha value is -2.38. The molecule has 1 fully saturated rings. The van der Waals surface area contributed by atoms with E-state index in [4.69, 9.17) is 14.0 Å². The Morgan fingerprint density at radius 3 is 2.37 bits per heavy atom. The van der Waals surface area contributed by atoms with Crippen LogP contribution in [0.2, 0.25) is 0 Å². The Bertz CT molecular complexity index is 905. The van der Waals surface area contributed by atoms with Crippen molar-refractivity contribution in [2.24, 2.45) is 0 Å². The topological polar surface area (TPSA) is 69.7 Å². The molecule has 160 valence electrons. The fourth-order valence-corrected chi connectivity index (χ4v) is 3.07. The van der Waals surface area contributed by atoms with E-state index >= 15 is 0 Å². The summed E-state index contributed by atoms with van der Waals surface area (Å²) in [4.78, 5) is 16.3. The number of carbonyl (C=O) groups excluding carboxylic acids is 1. The third-order valence-corrected chi connectivity index (χ3v) is 5.38. The SMILES string of the molecule is CC(C)(C)OC(=O)NCc1cccc(-c2cncc(B3OC(C)(C)C(C)(C)O3)c2)c1. The molecular weight excluding hydrogens is 379 g/mol. The van der Waals surface area contributed by atoms with Gasteiger partial charge in [0.05, 0.1) is 11.2 Å². The number of nitrogens with one attached hydrogen (secondary N) is 1. The molecule has 0 spiro atoms. The van der Waals surface area contributed by atoms with Crippen molar-refractivity contribution in [3.8, 4) is 11.1 Å². The van der Waals surface area contributed by atoms with Crippen molar-refractivity contribution in [3.63, 3.8) is 0 Å². The molecule has 1 N–H and O–H groups in total. The number of ether oxygens (including phenoxy) is 1. The van der Waals surface area contributed by atoms with Gasteiger partial charge in [-0.25, -0.2) is 4.79 Å². The summed E-state index contributed by atoms with van der Waals surface area (Å²) in [6.07, 6.45) is 3.16. The highest BCUT2D eigenvalue weighted by Crippen LogP contribution is 2.36. The first-order valence-corrected chi connectivity index (χ1v) is 10.2. The number of aromatic nitrogens is 1. The smallest absolute Gasteiger partial charge is 0.444 e. The van der Waals surface area contributed by atoms with E-state index in [2.05, 4.69) is 10.3 Å². The quantitative estimate of drug-likeness (QED) is 0.770. The zero-order valence-corrected chi connectivity index (χ0v) is 18.9. The molecule has 6 nitrogen and oxygen atoms in total. The molecule has 0 bridgehead atoms. The van der Waals surface area contributed by atoms with Crippen molar-refractivity contribution < 1.29 is 18.8 Å². The van der Waals surface area contributed by atoms with Crippen LogP contribution in [0.3, 0.4) is 0 Å². The van der Waals surface area contributed by atoms with Gasteiger partial charge in [-0.15, -0.1) is 0 Å². The molecular formula is C23H31BN2O4. The standard InChI is InChI=1S/C23H31BN2O4/c1-21(2,3)28-20(27)26-13-16-9-8-10-17(11-16)18-12-19(15-25-14-18)24-29-22(4,5)23(6,7)30-24/h8-12,14-15H,13H2,1-7H3,(H,26,27). The largest absolute Gasteiger partial charge is 0.496 e. The fraction of sp³-hybridized carbons (Fsp3) is 0.478. The summed E-state index contributed by atoms with van der Waals surface area (Å²) in [7, 11) is -0.459. The highest BCUT2D eigenvalue weighted by atomic mass is 16.7. The van der Waals surface area contributed by atoms with Crippen LogP contribution in [0.1, 0.15) is 54.0 Å². The molecule has 1 aromatic carbocycles. The highest BCUT2D eigenvalue weighted by molar-refractivity contribution is 6.62. The lowest BCUT2D eigenvalue weighted by Gasteiger charge is -2.32. The van der Waals surface area contributed by atoms with Crippen molar-refractivity contribution >= 4 is 18.7 Å². The van der Waals surface area contributed by atoms with Gasteiger partial charge < -0.3 is 19.4 Å². The molecule has 1 aromatic heterocycles. The van der Waals surface area contributed by atoms with Crippen LogP contribution in [-0.4, -0.2) is 35.0 Å². The van der Waals surface area contributed by atoms with Crippen LogP contribution in [-0.2, 0) is 20.6 Å². The van der Waals surface area contributed by atoms with Gasteiger partial charge in [0, 0.05) is 24.4 Å². The molecule has 1 saturated heterocycles. The van der Waals surface area contributed by atoms with Crippen molar-refractivity contribution in [1.82, 2.24) is 10.3 Å². The number of hydrogen-bond acceptors (Lipinski definition) is 5. The van der Waals surface area contributed by atoms with E-state index in [0.717, 1.165) is 22.2 Å². The summed E-state index contributed by atoms with van der Waals surface area (Å²) in [5.74, 6) is 0. The maximum absolute atomic E-state index is 11.9. The van der Waals surface area contributed by atoms with E-state index in [1.807, 2.05) is 85.0 Å². The van der Waals surface area contributed by atoms with Crippen LogP contribution in [0.15, 0.2) is 42.7 Å². The third-order valence-electron chi connectivity index (χ3n) is 5.38. The zero-order chi connectivity index (χ0) is 22.2. The lowest BCUT2D eigenvalue weighted by molar-refractivity contribution is 0.00578. The van der Waals surface area contributed by atoms with Gasteiger partial charge in [0.25, 0.3) is 0 Å². The van der Waals surface area contributed by atoms with Gasteiger partial charge in [-0.3, -0.25) is 4.98 Å². The second-order valence-corrected chi connectivity index (χ2v) is 9.65. The lowest BCUT2D eigenvalue weighted by Crippen LogP contribution is -2.41. The van der Waals surface area contributed by atoms with Gasteiger partial charge in [-0.2, -0.15) is 0 Å². The second kappa shape index (κ2) is 8.04. The monoisotopic (exact) mass is 410 g/mol. The first-order chi connectivity index (χ1) is 13.9. The van der Waals surface area contributed by atoms with Crippen LogP contribution in [0.4, 0.5) is 4.79 Å². The molecule has 0 radical (unpaired) electrons. The predicted octanol–water partition coefficient (Wildman–Crippen LogP) is 4.07. The zero-order valence-electron chi connectivity index (χ0n) is 18.9. The summed E-state index contributed by atoms with van der Waals surface area (Å²) in [6.45, 7) is 14.0. The number of rotatable bonds is 4. The van der Waals surface area contributed by atoms with Crippen LogP contribution >= 0.6 is 0 Å². The summed E-state index contributed by atoms with van der Waals surface area (Å²) >= 11 is 0. The van der Waals surface area contributed by atoms with E-state index in [-0.39, 0.29) is 0 Å². The number of benzene rings is 1. The van der Waals surface area contributed by atoms with Gasteiger partial charge in [-0.05, 0) is 71.2 Å². The molecule has 1 aliphatic heterocycles. The average Bonchev–Trinajstić information content (AvgIpc) is 2.86. The minimum atomic E-state index is -0.522. The van der Waals surface area contributed by atoms with Gasteiger partial charge >= 0.3 is 13.2 Å². The molecule has 7 heteroatoms. The lowest BCUT2D eigenvalue weighted by atomic mass is 9.79. The maximum Gasteiger partial charge on any atom is 0.496 e. The summed E-state index contributed by atoms with van der Waals surface area (Å²) in [5.41, 5.74) is 2.49. The molecule has 3 rings (SSSR count). The van der Waals surface area contributed by atoms with Crippen LogP contribution < -0.4 is 10.8 Å². The van der Waals surface area contributed by atoms with Crippen LogP contribution in [0, 0.1) is 0 Å². The first-order valence-electron chi connectivity index (χ1n) is 10.2. The normalized spacial score (nSPS) is 17.6. The van der Waals surface area contributed by atoms with E-state index in [1.165, 1.54) is 0 Å². The molecule has 0 saturated carbocycles. The number of carbonyl (C=O) groups is 1.